The monoisotopic (exact) mass is 376 g/mol. The summed E-state index contributed by atoms with van der Waals surface area (Å²) in [5, 5.41) is 0. The van der Waals surface area contributed by atoms with Crippen LogP contribution in [0.4, 0.5) is 0 Å². The van der Waals surface area contributed by atoms with Crippen LogP contribution in [0.1, 0.15) is 49.7 Å². The topological polar surface area (TPSA) is 46.3 Å². The van der Waals surface area contributed by atoms with Gasteiger partial charge in [0.2, 0.25) is 5.91 Å². The highest BCUT2D eigenvalue weighted by atomic mass is 16.1. The van der Waals surface area contributed by atoms with Crippen LogP contribution in [0.15, 0.2) is 60.7 Å². The second-order valence-electron chi connectivity index (χ2n) is 8.75. The van der Waals surface area contributed by atoms with E-state index in [-0.39, 0.29) is 5.91 Å². The van der Waals surface area contributed by atoms with Crippen LogP contribution >= 0.6 is 0 Å². The number of hydrogen-bond acceptors (Lipinski definition) is 2. The summed E-state index contributed by atoms with van der Waals surface area (Å²) in [5.41, 5.74) is 7.33. The number of carbonyl (C=O) groups excluding carboxylic acids is 1. The van der Waals surface area contributed by atoms with Gasteiger partial charge in [-0.05, 0) is 68.0 Å². The van der Waals surface area contributed by atoms with Crippen LogP contribution in [0.2, 0.25) is 0 Å². The van der Waals surface area contributed by atoms with Gasteiger partial charge in [0.15, 0.2) is 0 Å². The Morgan fingerprint density at radius 2 is 1.32 bits per heavy atom. The van der Waals surface area contributed by atoms with E-state index in [4.69, 9.17) is 5.73 Å². The van der Waals surface area contributed by atoms with Crippen LogP contribution < -0.4 is 5.73 Å². The van der Waals surface area contributed by atoms with Gasteiger partial charge in [0.25, 0.3) is 0 Å². The molecule has 0 radical (unpaired) electrons. The van der Waals surface area contributed by atoms with E-state index in [2.05, 4.69) is 4.90 Å². The molecule has 2 heterocycles. The van der Waals surface area contributed by atoms with E-state index in [0.29, 0.717) is 0 Å². The Hall–Kier alpha value is -2.13. The van der Waals surface area contributed by atoms with Gasteiger partial charge in [0, 0.05) is 13.1 Å². The molecule has 28 heavy (non-hydrogen) atoms. The number of rotatable bonds is 7. The first kappa shape index (κ1) is 19.2. The van der Waals surface area contributed by atoms with Gasteiger partial charge >= 0.3 is 0 Å². The van der Waals surface area contributed by atoms with Crippen LogP contribution in [0.5, 0.6) is 0 Å². The standard InChI is InChI=1S/C25H32N2O/c26-24(28)25(22-8-3-1-4-9-22,23-10-5-2-6-11-23)16-7-17-27-18-20-12-13-21(19-27)15-14-20/h1-6,8-11,20-21H,7,12-19H2,(H2,26,28). The fourth-order valence-electron chi connectivity index (χ4n) is 5.46. The van der Waals surface area contributed by atoms with Gasteiger partial charge in [-0.15, -0.1) is 0 Å². The van der Waals surface area contributed by atoms with Crippen molar-refractivity contribution >= 4 is 5.91 Å². The van der Waals surface area contributed by atoms with Crippen molar-refractivity contribution in [2.24, 2.45) is 17.6 Å². The van der Waals surface area contributed by atoms with E-state index in [9.17, 15) is 4.79 Å². The molecule has 0 spiro atoms. The van der Waals surface area contributed by atoms with Crippen LogP contribution in [0, 0.1) is 11.8 Å². The summed E-state index contributed by atoms with van der Waals surface area (Å²) in [5.74, 6) is 1.51. The van der Waals surface area contributed by atoms with Crippen molar-refractivity contribution in [1.82, 2.24) is 4.90 Å². The number of primary amides is 1. The van der Waals surface area contributed by atoms with Gasteiger partial charge in [0.1, 0.15) is 0 Å². The molecule has 0 unspecified atom stereocenters. The van der Waals surface area contributed by atoms with E-state index in [1.54, 1.807) is 0 Å². The highest BCUT2D eigenvalue weighted by Crippen LogP contribution is 2.38. The molecule has 2 aliphatic heterocycles. The number of nitrogens with zero attached hydrogens (tertiary/aromatic N) is 1. The van der Waals surface area contributed by atoms with E-state index in [1.807, 2.05) is 60.7 Å². The summed E-state index contributed by atoms with van der Waals surface area (Å²) in [4.78, 5) is 15.5. The second-order valence-corrected chi connectivity index (χ2v) is 8.75. The Balaban J connectivity index is 1.55. The van der Waals surface area contributed by atoms with E-state index >= 15 is 0 Å². The lowest BCUT2D eigenvalue weighted by Crippen LogP contribution is -2.43. The molecule has 2 saturated heterocycles. The van der Waals surface area contributed by atoms with Crippen LogP contribution in [0.3, 0.4) is 0 Å². The summed E-state index contributed by atoms with van der Waals surface area (Å²) in [6.45, 7) is 3.52. The molecule has 0 aromatic heterocycles. The smallest absolute Gasteiger partial charge is 0.232 e. The third-order valence-electron chi connectivity index (χ3n) is 6.98. The maximum atomic E-state index is 12.9. The molecule has 2 bridgehead atoms. The fraction of sp³-hybridized carbons (Fsp3) is 0.480. The molecule has 0 atom stereocenters. The van der Waals surface area contributed by atoms with E-state index in [1.165, 1.54) is 38.8 Å². The maximum absolute atomic E-state index is 12.9. The SMILES string of the molecule is NC(=O)C(CCCN1CC2CCC(CC2)C1)(c1ccccc1)c1ccccc1. The van der Waals surface area contributed by atoms with Crippen molar-refractivity contribution in [3.63, 3.8) is 0 Å². The number of benzene rings is 2. The van der Waals surface area contributed by atoms with Gasteiger partial charge in [0.05, 0.1) is 5.41 Å². The van der Waals surface area contributed by atoms with Gasteiger partial charge in [-0.2, -0.15) is 0 Å². The van der Waals surface area contributed by atoms with Gasteiger partial charge < -0.3 is 10.6 Å². The predicted molar refractivity (Wildman–Crippen MR) is 114 cm³/mol. The van der Waals surface area contributed by atoms with Crippen LogP contribution in [-0.2, 0) is 10.2 Å². The molecule has 3 nitrogen and oxygen atoms in total. The number of fused-ring (bicyclic) bond motifs is 4. The molecule has 2 N–H and O–H groups in total. The molecule has 5 rings (SSSR count). The number of amides is 1. The average Bonchev–Trinajstić information content (AvgIpc) is 3.05. The molecular formula is C25H32N2O. The third kappa shape index (κ3) is 3.86. The summed E-state index contributed by atoms with van der Waals surface area (Å²) in [6, 6.07) is 20.2. The minimum atomic E-state index is -0.757. The molecule has 1 aliphatic carbocycles. The van der Waals surface area contributed by atoms with Gasteiger partial charge in [-0.1, -0.05) is 60.7 Å². The molecule has 3 heteroatoms. The normalized spacial score (nSPS) is 22.7. The van der Waals surface area contributed by atoms with E-state index < -0.39 is 5.41 Å². The maximum Gasteiger partial charge on any atom is 0.232 e. The molecule has 2 aromatic carbocycles. The van der Waals surface area contributed by atoms with Crippen molar-refractivity contribution in [2.45, 2.75) is 43.9 Å². The average molecular weight is 377 g/mol. The molecule has 3 fully saturated rings. The fourth-order valence-corrected chi connectivity index (χ4v) is 5.46. The summed E-state index contributed by atoms with van der Waals surface area (Å²) >= 11 is 0. The Labute approximate surface area is 168 Å². The zero-order chi connectivity index (χ0) is 19.4. The molecular weight excluding hydrogens is 344 g/mol. The highest BCUT2D eigenvalue weighted by molar-refractivity contribution is 5.90. The Morgan fingerprint density at radius 3 is 1.75 bits per heavy atom. The summed E-state index contributed by atoms with van der Waals surface area (Å²) in [6.07, 6.45) is 7.34. The minimum absolute atomic E-state index is 0.249. The third-order valence-corrected chi connectivity index (χ3v) is 6.98. The first-order valence-corrected chi connectivity index (χ1v) is 10.8. The Bertz CT molecular complexity index is 712. The van der Waals surface area contributed by atoms with Crippen LogP contribution in [0.25, 0.3) is 0 Å². The summed E-state index contributed by atoms with van der Waals surface area (Å²) in [7, 11) is 0. The molecule has 2 aromatic rings. The Kier molecular flexibility index (Phi) is 5.82. The number of nitrogens with two attached hydrogens (primary N) is 1. The van der Waals surface area contributed by atoms with Crippen LogP contribution in [-0.4, -0.2) is 30.4 Å². The quantitative estimate of drug-likeness (QED) is 0.780. The number of carbonyl (C=O) groups is 1. The van der Waals surface area contributed by atoms with Crippen molar-refractivity contribution in [2.75, 3.05) is 19.6 Å². The van der Waals surface area contributed by atoms with Crippen molar-refractivity contribution in [3.8, 4) is 0 Å². The Morgan fingerprint density at radius 1 is 0.857 bits per heavy atom. The molecule has 1 amide bonds. The summed E-state index contributed by atoms with van der Waals surface area (Å²) < 4.78 is 0. The lowest BCUT2D eigenvalue weighted by molar-refractivity contribution is -0.122. The molecule has 1 saturated carbocycles. The van der Waals surface area contributed by atoms with Gasteiger partial charge in [-0.3, -0.25) is 4.79 Å². The zero-order valence-corrected chi connectivity index (χ0v) is 16.7. The van der Waals surface area contributed by atoms with Gasteiger partial charge in [-0.25, -0.2) is 0 Å². The largest absolute Gasteiger partial charge is 0.369 e. The number of hydrogen-bond donors (Lipinski definition) is 1. The van der Waals surface area contributed by atoms with E-state index in [0.717, 1.165) is 42.3 Å². The van der Waals surface area contributed by atoms with Crippen molar-refractivity contribution in [1.29, 1.82) is 0 Å². The predicted octanol–water partition coefficient (Wildman–Crippen LogP) is 4.36. The van der Waals surface area contributed by atoms with Crippen molar-refractivity contribution < 1.29 is 4.79 Å². The van der Waals surface area contributed by atoms with Crippen molar-refractivity contribution in [3.05, 3.63) is 71.8 Å². The second kappa shape index (κ2) is 8.48. The minimum Gasteiger partial charge on any atom is -0.369 e. The first-order chi connectivity index (χ1) is 13.7. The molecule has 148 valence electrons. The molecule has 3 aliphatic rings. The first-order valence-electron chi connectivity index (χ1n) is 10.8. The lowest BCUT2D eigenvalue weighted by Gasteiger charge is -2.33. The lowest BCUT2D eigenvalue weighted by atomic mass is 9.70. The highest BCUT2D eigenvalue weighted by Gasteiger charge is 2.40. The zero-order valence-electron chi connectivity index (χ0n) is 16.7.